The Kier molecular flexibility index (Phi) is 12.5. The molecule has 0 radical (unpaired) electrons. The molecule has 3 atom stereocenters. The third kappa shape index (κ3) is 9.93. The van der Waals surface area contributed by atoms with Gasteiger partial charge in [-0.3, -0.25) is 9.59 Å². The van der Waals surface area contributed by atoms with Crippen molar-refractivity contribution in [2.45, 2.75) is 105 Å². The first-order valence-electron chi connectivity index (χ1n) is 13.0. The lowest BCUT2D eigenvalue weighted by molar-refractivity contribution is -0.143. The molecule has 3 amide bonds. The molecule has 7 heteroatoms. The summed E-state index contributed by atoms with van der Waals surface area (Å²) in [5.41, 5.74) is 0.652. The molecule has 36 heavy (non-hydrogen) atoms. The highest BCUT2D eigenvalue weighted by atomic mass is 16.6. The zero-order valence-electron chi connectivity index (χ0n) is 23.3. The largest absolute Gasteiger partial charge is 0.444 e. The van der Waals surface area contributed by atoms with Crippen LogP contribution in [-0.2, 0) is 14.3 Å². The van der Waals surface area contributed by atoms with Crippen molar-refractivity contribution in [3.8, 4) is 12.3 Å². The van der Waals surface area contributed by atoms with Gasteiger partial charge in [0, 0.05) is 18.2 Å². The SMILES string of the molecule is C#Cc1ccc(C(C(=O)NC(C)C)N(CCCCC)C(=O)C(NC(=O)OC(C)(C)C)C(C)CC)cc1. The fourth-order valence-corrected chi connectivity index (χ4v) is 3.79. The summed E-state index contributed by atoms with van der Waals surface area (Å²) in [6.07, 6.45) is 8.13. The van der Waals surface area contributed by atoms with E-state index in [1.807, 2.05) is 27.7 Å². The van der Waals surface area contributed by atoms with E-state index < -0.39 is 23.8 Å². The summed E-state index contributed by atoms with van der Waals surface area (Å²) in [5, 5.41) is 5.75. The molecule has 1 rings (SSSR count). The first-order valence-corrected chi connectivity index (χ1v) is 13.0. The van der Waals surface area contributed by atoms with E-state index in [1.54, 1.807) is 49.9 Å². The number of hydrogen-bond donors (Lipinski definition) is 2. The lowest BCUT2D eigenvalue weighted by Crippen LogP contribution is -2.55. The molecule has 0 spiro atoms. The summed E-state index contributed by atoms with van der Waals surface area (Å²) in [6.45, 7) is 15.4. The van der Waals surface area contributed by atoms with E-state index in [-0.39, 0.29) is 23.8 Å². The second-order valence-corrected chi connectivity index (χ2v) is 10.6. The molecule has 0 aliphatic rings. The number of alkyl carbamates (subject to hydrolysis) is 1. The molecule has 0 aromatic heterocycles. The van der Waals surface area contributed by atoms with Gasteiger partial charge in [-0.1, -0.05) is 58.1 Å². The summed E-state index contributed by atoms with van der Waals surface area (Å²) in [6, 6.07) is 5.30. The summed E-state index contributed by atoms with van der Waals surface area (Å²) in [7, 11) is 0. The summed E-state index contributed by atoms with van der Waals surface area (Å²) in [4.78, 5) is 41.9. The van der Waals surface area contributed by atoms with Crippen LogP contribution in [-0.4, -0.2) is 47.0 Å². The van der Waals surface area contributed by atoms with Gasteiger partial charge in [-0.25, -0.2) is 4.79 Å². The molecular formula is C29H45N3O4. The number of rotatable bonds is 12. The summed E-state index contributed by atoms with van der Waals surface area (Å²) < 4.78 is 5.44. The van der Waals surface area contributed by atoms with Crippen molar-refractivity contribution in [2.75, 3.05) is 6.54 Å². The quantitative estimate of drug-likeness (QED) is 0.306. The Morgan fingerprint density at radius 3 is 2.11 bits per heavy atom. The minimum absolute atomic E-state index is 0.108. The average molecular weight is 500 g/mol. The van der Waals surface area contributed by atoms with Crippen molar-refractivity contribution in [1.82, 2.24) is 15.5 Å². The van der Waals surface area contributed by atoms with E-state index >= 15 is 0 Å². The standard InChI is InChI=1S/C29H45N3O4/c1-10-13-14-19-32(27(34)24(21(6)11-2)31-28(35)36-29(7,8)9)25(26(33)30-20(4)5)23-17-15-22(12-3)16-18-23/h3,15-18,20-21,24-25H,10-11,13-14,19H2,1-2,4-9H3,(H,30,33)(H,31,35). The van der Waals surface area contributed by atoms with Gasteiger partial charge in [-0.2, -0.15) is 0 Å². The van der Waals surface area contributed by atoms with Crippen molar-refractivity contribution in [3.05, 3.63) is 35.4 Å². The van der Waals surface area contributed by atoms with Gasteiger partial charge in [0.25, 0.3) is 0 Å². The van der Waals surface area contributed by atoms with Crippen molar-refractivity contribution < 1.29 is 19.1 Å². The van der Waals surface area contributed by atoms with Crippen molar-refractivity contribution in [2.24, 2.45) is 5.92 Å². The normalized spacial score (nSPS) is 13.8. The zero-order chi connectivity index (χ0) is 27.5. The Hall–Kier alpha value is -3.01. The number of nitrogens with zero attached hydrogens (tertiary/aromatic N) is 1. The van der Waals surface area contributed by atoms with Crippen LogP contribution >= 0.6 is 0 Å². The Morgan fingerprint density at radius 1 is 1.03 bits per heavy atom. The number of hydrogen-bond acceptors (Lipinski definition) is 4. The highest BCUT2D eigenvalue weighted by Gasteiger charge is 2.38. The van der Waals surface area contributed by atoms with E-state index in [0.29, 0.717) is 24.1 Å². The van der Waals surface area contributed by atoms with Gasteiger partial charge in [0.1, 0.15) is 17.7 Å². The van der Waals surface area contributed by atoms with Crippen molar-refractivity contribution in [3.63, 3.8) is 0 Å². The number of unbranched alkanes of at least 4 members (excludes halogenated alkanes) is 2. The molecule has 0 heterocycles. The molecule has 0 bridgehead atoms. The topological polar surface area (TPSA) is 87.7 Å². The molecule has 0 fully saturated rings. The lowest BCUT2D eigenvalue weighted by Gasteiger charge is -2.36. The van der Waals surface area contributed by atoms with E-state index in [9.17, 15) is 14.4 Å². The molecule has 200 valence electrons. The fourth-order valence-electron chi connectivity index (χ4n) is 3.79. The zero-order valence-corrected chi connectivity index (χ0v) is 23.3. The molecule has 1 aromatic carbocycles. The van der Waals surface area contributed by atoms with Gasteiger partial charge in [-0.05, 0) is 64.7 Å². The van der Waals surface area contributed by atoms with E-state index in [0.717, 1.165) is 19.3 Å². The van der Waals surface area contributed by atoms with E-state index in [1.165, 1.54) is 0 Å². The third-order valence-corrected chi connectivity index (χ3v) is 5.82. The number of nitrogens with one attached hydrogen (secondary N) is 2. The molecule has 3 unspecified atom stereocenters. The fraction of sp³-hybridized carbons (Fsp3) is 0.621. The maximum atomic E-state index is 14.1. The first-order chi connectivity index (χ1) is 16.8. The smallest absolute Gasteiger partial charge is 0.408 e. The minimum atomic E-state index is -0.865. The Bertz CT molecular complexity index is 897. The highest BCUT2D eigenvalue weighted by molar-refractivity contribution is 5.92. The van der Waals surface area contributed by atoms with Crippen LogP contribution in [0.2, 0.25) is 0 Å². The predicted octanol–water partition coefficient (Wildman–Crippen LogP) is 5.19. The van der Waals surface area contributed by atoms with Gasteiger partial charge in [-0.15, -0.1) is 6.42 Å². The Balaban J connectivity index is 3.52. The van der Waals surface area contributed by atoms with Gasteiger partial charge < -0.3 is 20.3 Å². The molecule has 2 N–H and O–H groups in total. The molecule has 1 aromatic rings. The lowest BCUT2D eigenvalue weighted by atomic mass is 9.95. The van der Waals surface area contributed by atoms with E-state index in [2.05, 4.69) is 23.5 Å². The van der Waals surface area contributed by atoms with Gasteiger partial charge in [0.2, 0.25) is 11.8 Å². The molecule has 0 aliphatic heterocycles. The summed E-state index contributed by atoms with van der Waals surface area (Å²) in [5.74, 6) is 1.83. The van der Waals surface area contributed by atoms with Crippen molar-refractivity contribution in [1.29, 1.82) is 0 Å². The van der Waals surface area contributed by atoms with Crippen LogP contribution in [0.4, 0.5) is 4.79 Å². The third-order valence-electron chi connectivity index (χ3n) is 5.82. The number of carbonyl (C=O) groups is 3. The van der Waals surface area contributed by atoms with Crippen LogP contribution in [0.15, 0.2) is 24.3 Å². The second kappa shape index (κ2) is 14.5. The monoisotopic (exact) mass is 499 g/mol. The Morgan fingerprint density at radius 2 is 1.64 bits per heavy atom. The van der Waals surface area contributed by atoms with Crippen LogP contribution < -0.4 is 10.6 Å². The number of benzene rings is 1. The Labute approximate surface area is 217 Å². The van der Waals surface area contributed by atoms with E-state index in [4.69, 9.17) is 11.2 Å². The predicted molar refractivity (Wildman–Crippen MR) is 144 cm³/mol. The highest BCUT2D eigenvalue weighted by Crippen LogP contribution is 2.26. The van der Waals surface area contributed by atoms with Crippen LogP contribution in [0.5, 0.6) is 0 Å². The first kappa shape index (κ1) is 31.0. The molecular weight excluding hydrogens is 454 g/mol. The van der Waals surface area contributed by atoms with Crippen LogP contribution in [0, 0.1) is 18.3 Å². The van der Waals surface area contributed by atoms with Gasteiger partial charge in [0.05, 0.1) is 0 Å². The number of terminal acetylenes is 1. The van der Waals surface area contributed by atoms with Crippen LogP contribution in [0.25, 0.3) is 0 Å². The molecule has 0 aliphatic carbocycles. The van der Waals surface area contributed by atoms with Crippen LogP contribution in [0.3, 0.4) is 0 Å². The molecule has 0 saturated heterocycles. The van der Waals surface area contributed by atoms with Gasteiger partial charge in [0.15, 0.2) is 0 Å². The maximum Gasteiger partial charge on any atom is 0.408 e. The second-order valence-electron chi connectivity index (χ2n) is 10.6. The molecule has 7 nitrogen and oxygen atoms in total. The number of ether oxygens (including phenoxy) is 1. The summed E-state index contributed by atoms with van der Waals surface area (Å²) >= 11 is 0. The maximum absolute atomic E-state index is 14.1. The van der Waals surface area contributed by atoms with Crippen LogP contribution in [0.1, 0.15) is 98.2 Å². The average Bonchev–Trinajstić information content (AvgIpc) is 2.79. The minimum Gasteiger partial charge on any atom is -0.444 e. The number of amides is 3. The van der Waals surface area contributed by atoms with Crippen molar-refractivity contribution >= 4 is 17.9 Å². The number of carbonyl (C=O) groups excluding carboxylic acids is 3. The molecule has 0 saturated carbocycles. The van der Waals surface area contributed by atoms with Gasteiger partial charge >= 0.3 is 6.09 Å².